The van der Waals surface area contributed by atoms with E-state index in [1.54, 1.807) is 15.9 Å². The first kappa shape index (κ1) is 20.9. The van der Waals surface area contributed by atoms with E-state index in [9.17, 15) is 9.59 Å². The molecule has 8 heteroatoms. The zero-order chi connectivity index (χ0) is 20.1. The lowest BCUT2D eigenvalue weighted by Crippen LogP contribution is -2.28. The van der Waals surface area contributed by atoms with Gasteiger partial charge in [0.2, 0.25) is 5.91 Å². The van der Waals surface area contributed by atoms with Crippen molar-refractivity contribution in [2.75, 3.05) is 12.3 Å². The Balaban J connectivity index is 1.91. The molecule has 0 saturated carbocycles. The molecule has 2 aromatic heterocycles. The van der Waals surface area contributed by atoms with E-state index in [2.05, 4.69) is 19.2 Å². The molecule has 1 N–H and O–H groups in total. The number of rotatable bonds is 8. The highest BCUT2D eigenvalue weighted by Crippen LogP contribution is 2.34. The lowest BCUT2D eigenvalue weighted by Gasteiger charge is -2.14. The summed E-state index contributed by atoms with van der Waals surface area (Å²) in [4.78, 5) is 32.3. The fraction of sp³-hybridized carbons (Fsp3) is 0.600. The van der Waals surface area contributed by atoms with Crippen molar-refractivity contribution < 1.29 is 4.79 Å². The highest BCUT2D eigenvalue weighted by Gasteiger charge is 2.22. The van der Waals surface area contributed by atoms with Crippen LogP contribution in [0.1, 0.15) is 50.0 Å². The number of amides is 1. The summed E-state index contributed by atoms with van der Waals surface area (Å²) in [6, 6.07) is 2.01. The molecule has 1 amide bonds. The molecule has 0 saturated heterocycles. The summed E-state index contributed by atoms with van der Waals surface area (Å²) in [6.45, 7) is 5.24. The number of carbonyl (C=O) groups is 1. The second-order valence-corrected chi connectivity index (χ2v) is 9.50. The second kappa shape index (κ2) is 9.57. The molecule has 28 heavy (non-hydrogen) atoms. The molecule has 150 valence electrons. The SMILES string of the molecule is CC(C)CCn1c(SCC(=O)NCCC#N)nc2sc3c(c2c1=O)CCCC3. The van der Waals surface area contributed by atoms with Crippen molar-refractivity contribution in [3.8, 4) is 6.07 Å². The molecule has 0 radical (unpaired) electrons. The quantitative estimate of drug-likeness (QED) is 0.403. The molecule has 0 fully saturated rings. The topological polar surface area (TPSA) is 87.8 Å². The maximum atomic E-state index is 13.3. The van der Waals surface area contributed by atoms with Gasteiger partial charge in [-0.15, -0.1) is 11.3 Å². The molecule has 0 unspecified atom stereocenters. The normalized spacial score (nSPS) is 13.5. The Morgan fingerprint density at radius 3 is 2.93 bits per heavy atom. The number of nitriles is 1. The number of nitrogens with one attached hydrogen (secondary N) is 1. The van der Waals surface area contributed by atoms with Crippen LogP contribution in [0.15, 0.2) is 9.95 Å². The van der Waals surface area contributed by atoms with Crippen LogP contribution in [0.25, 0.3) is 10.2 Å². The van der Waals surface area contributed by atoms with Gasteiger partial charge in [0, 0.05) is 18.0 Å². The average Bonchev–Trinajstić information content (AvgIpc) is 3.04. The van der Waals surface area contributed by atoms with E-state index >= 15 is 0 Å². The molecular formula is C20H26N4O2S2. The minimum Gasteiger partial charge on any atom is -0.354 e. The van der Waals surface area contributed by atoms with E-state index in [1.807, 2.05) is 6.07 Å². The van der Waals surface area contributed by atoms with Crippen LogP contribution in [0.5, 0.6) is 0 Å². The molecule has 1 aliphatic rings. The van der Waals surface area contributed by atoms with Crippen LogP contribution in [0.2, 0.25) is 0 Å². The first-order valence-corrected chi connectivity index (χ1v) is 11.6. The van der Waals surface area contributed by atoms with Crippen LogP contribution in [-0.2, 0) is 24.2 Å². The molecule has 0 spiro atoms. The molecule has 1 aliphatic carbocycles. The number of fused-ring (bicyclic) bond motifs is 3. The average molecular weight is 419 g/mol. The molecule has 2 heterocycles. The van der Waals surface area contributed by atoms with Crippen LogP contribution in [-0.4, -0.2) is 27.8 Å². The van der Waals surface area contributed by atoms with E-state index in [-0.39, 0.29) is 17.2 Å². The maximum absolute atomic E-state index is 13.3. The van der Waals surface area contributed by atoms with Gasteiger partial charge in [-0.2, -0.15) is 5.26 Å². The summed E-state index contributed by atoms with van der Waals surface area (Å²) in [6.07, 6.45) is 5.48. The van der Waals surface area contributed by atoms with E-state index in [0.717, 1.165) is 35.9 Å². The number of nitrogens with zero attached hydrogens (tertiary/aromatic N) is 3. The number of thioether (sulfide) groups is 1. The number of carbonyl (C=O) groups excluding carboxylic acids is 1. The van der Waals surface area contributed by atoms with Gasteiger partial charge in [-0.05, 0) is 43.6 Å². The first-order valence-electron chi connectivity index (χ1n) is 9.82. The lowest BCUT2D eigenvalue weighted by molar-refractivity contribution is -0.118. The molecule has 3 rings (SSSR count). The monoisotopic (exact) mass is 418 g/mol. The van der Waals surface area contributed by atoms with Gasteiger partial charge >= 0.3 is 0 Å². The van der Waals surface area contributed by atoms with Crippen molar-refractivity contribution in [1.82, 2.24) is 14.9 Å². The Kier molecular flexibility index (Phi) is 7.13. The zero-order valence-electron chi connectivity index (χ0n) is 16.4. The first-order chi connectivity index (χ1) is 13.5. The van der Waals surface area contributed by atoms with Crippen molar-refractivity contribution in [3.63, 3.8) is 0 Å². The standard InChI is InChI=1S/C20H26N4O2S2/c1-13(2)8-11-24-19(26)17-14-6-3-4-7-15(14)28-18(17)23-20(24)27-12-16(25)22-10-5-9-21/h13H,3-8,10-12H2,1-2H3,(H,22,25). The molecular weight excluding hydrogens is 392 g/mol. The van der Waals surface area contributed by atoms with Crippen molar-refractivity contribution in [3.05, 3.63) is 20.8 Å². The van der Waals surface area contributed by atoms with E-state index in [4.69, 9.17) is 10.2 Å². The van der Waals surface area contributed by atoms with Gasteiger partial charge in [0.25, 0.3) is 5.56 Å². The second-order valence-electron chi connectivity index (χ2n) is 7.47. The van der Waals surface area contributed by atoms with Crippen LogP contribution >= 0.6 is 23.1 Å². The van der Waals surface area contributed by atoms with Gasteiger partial charge in [0.05, 0.1) is 23.6 Å². The highest BCUT2D eigenvalue weighted by atomic mass is 32.2. The number of aromatic nitrogens is 2. The number of hydrogen-bond donors (Lipinski definition) is 1. The van der Waals surface area contributed by atoms with Crippen molar-refractivity contribution >= 4 is 39.2 Å². The van der Waals surface area contributed by atoms with Crippen LogP contribution in [0.3, 0.4) is 0 Å². The van der Waals surface area contributed by atoms with Gasteiger partial charge in [-0.1, -0.05) is 25.6 Å². The minimum atomic E-state index is -0.143. The van der Waals surface area contributed by atoms with E-state index < -0.39 is 0 Å². The summed E-state index contributed by atoms with van der Waals surface area (Å²) in [5, 5.41) is 12.7. The molecule has 6 nitrogen and oxygen atoms in total. The maximum Gasteiger partial charge on any atom is 0.263 e. The van der Waals surface area contributed by atoms with Gasteiger partial charge < -0.3 is 5.32 Å². The smallest absolute Gasteiger partial charge is 0.263 e. The number of hydrogen-bond acceptors (Lipinski definition) is 6. The Bertz CT molecular complexity index is 956. The zero-order valence-corrected chi connectivity index (χ0v) is 18.0. The Hall–Kier alpha value is -1.85. The summed E-state index contributed by atoms with van der Waals surface area (Å²) in [5.41, 5.74) is 1.24. The molecule has 2 aromatic rings. The minimum absolute atomic E-state index is 0.0393. The van der Waals surface area contributed by atoms with Crippen molar-refractivity contribution in [1.29, 1.82) is 5.26 Å². The van der Waals surface area contributed by atoms with E-state index in [0.29, 0.717) is 30.6 Å². The van der Waals surface area contributed by atoms with E-state index in [1.165, 1.54) is 28.6 Å². The third-order valence-corrected chi connectivity index (χ3v) is 7.02. The number of thiophene rings is 1. The van der Waals surface area contributed by atoms with Crippen molar-refractivity contribution in [2.24, 2.45) is 5.92 Å². The van der Waals surface area contributed by atoms with Gasteiger partial charge in [0.1, 0.15) is 4.83 Å². The third kappa shape index (κ3) is 4.76. The summed E-state index contributed by atoms with van der Waals surface area (Å²) in [7, 11) is 0. The molecule has 0 atom stereocenters. The molecule has 0 bridgehead atoms. The van der Waals surface area contributed by atoms with Gasteiger partial charge in [0.15, 0.2) is 5.16 Å². The van der Waals surface area contributed by atoms with Crippen LogP contribution < -0.4 is 10.9 Å². The van der Waals surface area contributed by atoms with Gasteiger partial charge in [-0.3, -0.25) is 14.2 Å². The van der Waals surface area contributed by atoms with Crippen LogP contribution in [0, 0.1) is 17.2 Å². The largest absolute Gasteiger partial charge is 0.354 e. The lowest BCUT2D eigenvalue weighted by atomic mass is 9.97. The summed E-state index contributed by atoms with van der Waals surface area (Å²) in [5.74, 6) is 0.525. The fourth-order valence-corrected chi connectivity index (χ4v) is 5.51. The van der Waals surface area contributed by atoms with Gasteiger partial charge in [-0.25, -0.2) is 4.98 Å². The Morgan fingerprint density at radius 1 is 1.39 bits per heavy atom. The Morgan fingerprint density at radius 2 is 2.18 bits per heavy atom. The summed E-state index contributed by atoms with van der Waals surface area (Å²) < 4.78 is 1.76. The summed E-state index contributed by atoms with van der Waals surface area (Å²) >= 11 is 2.94. The number of aryl methyl sites for hydroxylation is 2. The predicted molar refractivity (Wildman–Crippen MR) is 114 cm³/mol. The third-order valence-electron chi connectivity index (χ3n) is 4.86. The molecule has 0 aromatic carbocycles. The molecule has 0 aliphatic heterocycles. The highest BCUT2D eigenvalue weighted by molar-refractivity contribution is 7.99. The predicted octanol–water partition coefficient (Wildman–Crippen LogP) is 3.50. The fourth-order valence-electron chi connectivity index (χ4n) is 3.35. The Labute approximate surface area is 173 Å². The van der Waals surface area contributed by atoms with Crippen LogP contribution in [0.4, 0.5) is 0 Å². The van der Waals surface area contributed by atoms with Crippen molar-refractivity contribution in [2.45, 2.75) is 64.1 Å².